The molecule has 6 heteroatoms. The van der Waals surface area contributed by atoms with Gasteiger partial charge >= 0.3 is 11.7 Å². The average molecular weight is 250 g/mol. The lowest BCUT2D eigenvalue weighted by molar-refractivity contribution is 0.0692. The van der Waals surface area contributed by atoms with Crippen LogP contribution < -0.4 is 5.69 Å². The fourth-order valence-corrected chi connectivity index (χ4v) is 1.66. The van der Waals surface area contributed by atoms with Crippen molar-refractivity contribution in [3.05, 3.63) is 58.0 Å². The van der Waals surface area contributed by atoms with Gasteiger partial charge in [0.1, 0.15) is 5.82 Å². The summed E-state index contributed by atoms with van der Waals surface area (Å²) in [6.45, 7) is 0.205. The largest absolute Gasteiger partial charge is 0.478 e. The Balaban J connectivity index is 2.31. The minimum Gasteiger partial charge on any atom is -0.478 e. The van der Waals surface area contributed by atoms with Crippen LogP contribution in [0.3, 0.4) is 0 Å². The number of carbonyl (C=O) groups is 1. The minimum absolute atomic E-state index is 0.205. The van der Waals surface area contributed by atoms with Crippen LogP contribution >= 0.6 is 0 Å². The smallest absolute Gasteiger partial charge is 0.338 e. The van der Waals surface area contributed by atoms with Gasteiger partial charge in [-0.25, -0.2) is 14.0 Å². The molecule has 1 aromatic carbocycles. The number of aromatic carboxylic acids is 1. The zero-order valence-electron chi connectivity index (χ0n) is 9.63. The van der Waals surface area contributed by atoms with Gasteiger partial charge in [-0.2, -0.15) is 0 Å². The molecule has 0 spiro atoms. The van der Waals surface area contributed by atoms with Crippen LogP contribution in [0.4, 0.5) is 4.39 Å². The average Bonchev–Trinajstić information content (AvgIpc) is 2.61. The van der Waals surface area contributed by atoms with Gasteiger partial charge in [0.15, 0.2) is 0 Å². The van der Waals surface area contributed by atoms with Crippen molar-refractivity contribution in [1.82, 2.24) is 9.13 Å². The molecular weight excluding hydrogens is 239 g/mol. The Morgan fingerprint density at radius 3 is 2.61 bits per heavy atom. The van der Waals surface area contributed by atoms with E-state index in [9.17, 15) is 14.0 Å². The van der Waals surface area contributed by atoms with Crippen LogP contribution in [0.25, 0.3) is 0 Å². The molecule has 0 aliphatic heterocycles. The first-order valence-corrected chi connectivity index (χ1v) is 5.22. The number of imidazole rings is 1. The summed E-state index contributed by atoms with van der Waals surface area (Å²) in [7, 11) is 1.62. The van der Waals surface area contributed by atoms with Gasteiger partial charge in [-0.3, -0.25) is 4.57 Å². The highest BCUT2D eigenvalue weighted by molar-refractivity contribution is 5.87. The molecule has 2 rings (SSSR count). The molecule has 0 saturated heterocycles. The summed E-state index contributed by atoms with van der Waals surface area (Å²) in [5.41, 5.74) is -0.0531. The number of carboxylic acids is 1. The predicted octanol–water partition coefficient (Wildman–Crippen LogP) is 1.07. The maximum absolute atomic E-state index is 13.4. The third-order valence-electron chi connectivity index (χ3n) is 2.63. The molecule has 0 unspecified atom stereocenters. The third-order valence-corrected chi connectivity index (χ3v) is 2.63. The molecule has 0 amide bonds. The second kappa shape index (κ2) is 4.48. The summed E-state index contributed by atoms with van der Waals surface area (Å²) in [6, 6.07) is 3.82. The number of aromatic nitrogens is 2. The van der Waals surface area contributed by atoms with Crippen molar-refractivity contribution < 1.29 is 14.3 Å². The number of halogens is 1. The molecule has 0 fully saturated rings. The van der Waals surface area contributed by atoms with E-state index in [0.717, 1.165) is 6.07 Å². The Morgan fingerprint density at radius 2 is 2.11 bits per heavy atom. The van der Waals surface area contributed by atoms with E-state index in [1.165, 1.54) is 21.3 Å². The van der Waals surface area contributed by atoms with Gasteiger partial charge in [-0.1, -0.05) is 6.07 Å². The van der Waals surface area contributed by atoms with E-state index in [1.54, 1.807) is 19.4 Å². The van der Waals surface area contributed by atoms with Crippen LogP contribution in [0.1, 0.15) is 15.9 Å². The van der Waals surface area contributed by atoms with Gasteiger partial charge in [0, 0.05) is 19.4 Å². The summed E-state index contributed by atoms with van der Waals surface area (Å²) in [6.07, 6.45) is 3.19. The highest BCUT2D eigenvalue weighted by atomic mass is 19.1. The van der Waals surface area contributed by atoms with E-state index in [1.807, 2.05) is 0 Å². The number of carboxylic acid groups (broad SMARTS) is 1. The summed E-state index contributed by atoms with van der Waals surface area (Å²) < 4.78 is 16.3. The Kier molecular flexibility index (Phi) is 3.01. The number of hydrogen-bond acceptors (Lipinski definition) is 2. The summed E-state index contributed by atoms with van der Waals surface area (Å²) in [5.74, 6) is -2.11. The molecule has 1 heterocycles. The van der Waals surface area contributed by atoms with Crippen LogP contribution in [0.2, 0.25) is 0 Å². The third kappa shape index (κ3) is 2.17. The van der Waals surface area contributed by atoms with Gasteiger partial charge in [-0.15, -0.1) is 0 Å². The van der Waals surface area contributed by atoms with Crippen molar-refractivity contribution >= 4 is 5.97 Å². The fourth-order valence-electron chi connectivity index (χ4n) is 1.66. The van der Waals surface area contributed by atoms with Crippen molar-refractivity contribution in [2.45, 2.75) is 6.54 Å². The van der Waals surface area contributed by atoms with Gasteiger partial charge in [0.25, 0.3) is 0 Å². The highest BCUT2D eigenvalue weighted by Gasteiger charge is 2.11. The fraction of sp³-hybridized carbons (Fsp3) is 0.167. The molecule has 94 valence electrons. The minimum atomic E-state index is -1.31. The van der Waals surface area contributed by atoms with E-state index in [0.29, 0.717) is 5.56 Å². The number of hydrogen-bond donors (Lipinski definition) is 1. The zero-order valence-corrected chi connectivity index (χ0v) is 9.63. The monoisotopic (exact) mass is 250 g/mol. The normalized spacial score (nSPS) is 10.6. The van der Waals surface area contributed by atoms with Gasteiger partial charge in [0.2, 0.25) is 0 Å². The molecule has 2 aromatic rings. The standard InChI is InChI=1S/C12H11FN2O3/c1-14-4-5-15(12(14)18)7-8-2-3-9(11(16)17)10(13)6-8/h2-6H,7H2,1H3,(H,16,17). The SMILES string of the molecule is Cn1ccn(Cc2ccc(C(=O)O)c(F)c2)c1=O. The predicted molar refractivity (Wildman–Crippen MR) is 62.1 cm³/mol. The lowest BCUT2D eigenvalue weighted by Gasteiger charge is -2.04. The molecular formula is C12H11FN2O3. The molecule has 0 bridgehead atoms. The van der Waals surface area contributed by atoms with Crippen LogP contribution in [0.15, 0.2) is 35.4 Å². The lowest BCUT2D eigenvalue weighted by atomic mass is 10.1. The highest BCUT2D eigenvalue weighted by Crippen LogP contribution is 2.11. The van der Waals surface area contributed by atoms with E-state index < -0.39 is 11.8 Å². The topological polar surface area (TPSA) is 64.2 Å². The molecule has 5 nitrogen and oxygen atoms in total. The van der Waals surface area contributed by atoms with Gasteiger partial charge < -0.3 is 9.67 Å². The quantitative estimate of drug-likeness (QED) is 0.886. The Labute approximate surface area is 102 Å². The molecule has 18 heavy (non-hydrogen) atoms. The summed E-state index contributed by atoms with van der Waals surface area (Å²) >= 11 is 0. The summed E-state index contributed by atoms with van der Waals surface area (Å²) in [5, 5.41) is 8.70. The molecule has 0 aliphatic rings. The Morgan fingerprint density at radius 1 is 1.39 bits per heavy atom. The maximum atomic E-state index is 13.4. The molecule has 0 radical (unpaired) electrons. The van der Waals surface area contributed by atoms with Crippen molar-refractivity contribution in [2.24, 2.45) is 7.05 Å². The van der Waals surface area contributed by atoms with Crippen LogP contribution in [-0.2, 0) is 13.6 Å². The van der Waals surface area contributed by atoms with Crippen LogP contribution in [0, 0.1) is 5.82 Å². The van der Waals surface area contributed by atoms with Crippen molar-refractivity contribution in [3.8, 4) is 0 Å². The first-order valence-electron chi connectivity index (χ1n) is 5.22. The van der Waals surface area contributed by atoms with Crippen LogP contribution in [0.5, 0.6) is 0 Å². The van der Waals surface area contributed by atoms with E-state index >= 15 is 0 Å². The van der Waals surface area contributed by atoms with E-state index in [2.05, 4.69) is 0 Å². The Bertz CT molecular complexity index is 658. The van der Waals surface area contributed by atoms with Gasteiger partial charge in [0.05, 0.1) is 12.1 Å². The number of nitrogens with zero attached hydrogens (tertiary/aromatic N) is 2. The lowest BCUT2D eigenvalue weighted by Crippen LogP contribution is -2.22. The maximum Gasteiger partial charge on any atom is 0.338 e. The van der Waals surface area contributed by atoms with E-state index in [4.69, 9.17) is 5.11 Å². The molecule has 0 saturated carbocycles. The summed E-state index contributed by atoms with van der Waals surface area (Å²) in [4.78, 5) is 22.2. The zero-order chi connectivity index (χ0) is 13.3. The number of aryl methyl sites for hydroxylation is 1. The van der Waals surface area contributed by atoms with Crippen molar-refractivity contribution in [1.29, 1.82) is 0 Å². The van der Waals surface area contributed by atoms with E-state index in [-0.39, 0.29) is 17.8 Å². The first kappa shape index (κ1) is 12.1. The molecule has 1 aromatic heterocycles. The first-order chi connectivity index (χ1) is 8.49. The van der Waals surface area contributed by atoms with Crippen molar-refractivity contribution in [3.63, 3.8) is 0 Å². The number of rotatable bonds is 3. The Hall–Kier alpha value is -2.37. The molecule has 0 atom stereocenters. The van der Waals surface area contributed by atoms with Gasteiger partial charge in [-0.05, 0) is 17.7 Å². The second-order valence-corrected chi connectivity index (χ2v) is 3.94. The molecule has 1 N–H and O–H groups in total. The van der Waals surface area contributed by atoms with Crippen LogP contribution in [-0.4, -0.2) is 20.2 Å². The molecule has 0 aliphatic carbocycles. The second-order valence-electron chi connectivity index (χ2n) is 3.94. The van der Waals surface area contributed by atoms with Crippen molar-refractivity contribution in [2.75, 3.05) is 0 Å². The number of benzene rings is 1.